The van der Waals surface area contributed by atoms with E-state index < -0.39 is 0 Å². The molecular weight excluding hydrogens is 419 g/mol. The lowest BCUT2D eigenvalue weighted by molar-refractivity contribution is 0.0947. The third-order valence-corrected chi connectivity index (χ3v) is 4.73. The van der Waals surface area contributed by atoms with Gasteiger partial charge < -0.3 is 29.4 Å². The summed E-state index contributed by atoms with van der Waals surface area (Å²) >= 11 is 0. The first kappa shape index (κ1) is 23.3. The van der Waals surface area contributed by atoms with E-state index in [1.165, 1.54) is 6.39 Å². The largest absolute Gasteiger partial charge is 0.486 e. The molecule has 1 fully saturated rings. The number of amides is 1. The molecule has 2 N–H and O–H groups in total. The predicted molar refractivity (Wildman–Crippen MR) is 114 cm³/mol. The Hall–Kier alpha value is -2.00. The molecule has 1 saturated heterocycles. The van der Waals surface area contributed by atoms with Crippen LogP contribution in [0, 0.1) is 0 Å². The van der Waals surface area contributed by atoms with Crippen LogP contribution in [-0.4, -0.2) is 68.3 Å². The Balaban J connectivity index is 0.00000150. The van der Waals surface area contributed by atoms with Gasteiger partial charge in [0.15, 0.2) is 29.3 Å². The van der Waals surface area contributed by atoms with Crippen molar-refractivity contribution in [3.63, 3.8) is 0 Å². The van der Waals surface area contributed by atoms with Crippen molar-refractivity contribution in [2.24, 2.45) is 0 Å². The van der Waals surface area contributed by atoms with Crippen molar-refractivity contribution in [1.82, 2.24) is 20.5 Å². The van der Waals surface area contributed by atoms with Gasteiger partial charge in [-0.05, 0) is 31.2 Å². The number of ether oxygens (including phenoxy) is 2. The number of benzene rings is 1. The molecular formula is C19H26Cl2N4O4. The second-order valence-electron chi connectivity index (χ2n) is 6.59. The Morgan fingerprint density at radius 3 is 2.69 bits per heavy atom. The van der Waals surface area contributed by atoms with Crippen molar-refractivity contribution in [2.75, 3.05) is 52.5 Å². The van der Waals surface area contributed by atoms with E-state index in [-0.39, 0.29) is 36.4 Å². The van der Waals surface area contributed by atoms with E-state index >= 15 is 0 Å². The second-order valence-corrected chi connectivity index (χ2v) is 6.59. The summed E-state index contributed by atoms with van der Waals surface area (Å²) in [6.07, 6.45) is 2.20. The minimum absolute atomic E-state index is 0. The van der Waals surface area contributed by atoms with Crippen molar-refractivity contribution in [1.29, 1.82) is 0 Å². The molecule has 1 aromatic carbocycles. The number of nitrogens with one attached hydrogen (secondary N) is 2. The summed E-state index contributed by atoms with van der Waals surface area (Å²) in [5.41, 5.74) is 1.02. The Labute approximate surface area is 182 Å². The molecule has 2 aromatic rings. The van der Waals surface area contributed by atoms with E-state index in [1.54, 1.807) is 0 Å². The molecule has 3 heterocycles. The number of nitrogens with zero attached hydrogens (tertiary/aromatic N) is 2. The number of carbonyl (C=O) groups excluding carboxylic acids is 1. The number of hydrogen-bond donors (Lipinski definition) is 2. The van der Waals surface area contributed by atoms with Crippen molar-refractivity contribution in [2.45, 2.75) is 6.42 Å². The first-order chi connectivity index (χ1) is 13.3. The van der Waals surface area contributed by atoms with Crippen molar-refractivity contribution in [3.8, 4) is 22.8 Å². The predicted octanol–water partition coefficient (Wildman–Crippen LogP) is 1.98. The fraction of sp³-hybridized carbons (Fsp3) is 0.474. The van der Waals surface area contributed by atoms with Crippen molar-refractivity contribution in [3.05, 3.63) is 30.3 Å². The van der Waals surface area contributed by atoms with Crippen molar-refractivity contribution < 1.29 is 18.7 Å². The topological polar surface area (TPSA) is 88.9 Å². The number of halogens is 2. The summed E-state index contributed by atoms with van der Waals surface area (Å²) in [6.45, 7) is 6.82. The molecule has 8 nitrogen and oxygen atoms in total. The molecule has 0 atom stereocenters. The molecule has 10 heteroatoms. The molecule has 29 heavy (non-hydrogen) atoms. The zero-order valence-corrected chi connectivity index (χ0v) is 17.7. The first-order valence-corrected chi connectivity index (χ1v) is 9.36. The van der Waals surface area contributed by atoms with Gasteiger partial charge in [-0.3, -0.25) is 4.79 Å². The summed E-state index contributed by atoms with van der Waals surface area (Å²) < 4.78 is 16.6. The minimum atomic E-state index is -0.228. The fourth-order valence-corrected chi connectivity index (χ4v) is 3.32. The smallest absolute Gasteiger partial charge is 0.273 e. The van der Waals surface area contributed by atoms with Crippen LogP contribution in [0.5, 0.6) is 11.5 Å². The normalized spacial score (nSPS) is 15.7. The first-order valence-electron chi connectivity index (χ1n) is 9.36. The molecule has 0 saturated carbocycles. The highest BCUT2D eigenvalue weighted by atomic mass is 35.5. The van der Waals surface area contributed by atoms with Crippen LogP contribution in [0.4, 0.5) is 0 Å². The van der Waals surface area contributed by atoms with Gasteiger partial charge in [0.2, 0.25) is 0 Å². The lowest BCUT2D eigenvalue weighted by atomic mass is 10.1. The standard InChI is InChI=1S/C19H24N4O4.2ClH/c24-19(21-4-1-7-23-8-5-20-6-9-23)17-18(27-13-22-17)14-2-3-15-16(12-14)26-11-10-25-15;;/h2-3,12-13,20H,1,4-11H2,(H,21,24);2*1H. The lowest BCUT2D eigenvalue weighted by Gasteiger charge is -2.27. The number of oxazole rings is 1. The Morgan fingerprint density at radius 1 is 1.14 bits per heavy atom. The van der Waals surface area contributed by atoms with Crippen LogP contribution in [-0.2, 0) is 0 Å². The highest BCUT2D eigenvalue weighted by Gasteiger charge is 2.20. The van der Waals surface area contributed by atoms with Gasteiger partial charge in [0, 0.05) is 38.3 Å². The van der Waals surface area contributed by atoms with Gasteiger partial charge >= 0.3 is 0 Å². The number of fused-ring (bicyclic) bond motifs is 1. The maximum absolute atomic E-state index is 12.5. The zero-order chi connectivity index (χ0) is 18.5. The summed E-state index contributed by atoms with van der Waals surface area (Å²) in [6, 6.07) is 5.48. The maximum atomic E-state index is 12.5. The van der Waals surface area contributed by atoms with Crippen LogP contribution in [0.2, 0.25) is 0 Å². The number of hydrogen-bond acceptors (Lipinski definition) is 7. The molecule has 160 valence electrons. The fourth-order valence-electron chi connectivity index (χ4n) is 3.32. The summed E-state index contributed by atoms with van der Waals surface area (Å²) in [5, 5.41) is 6.27. The number of rotatable bonds is 6. The van der Waals surface area contributed by atoms with Crippen LogP contribution in [0.3, 0.4) is 0 Å². The summed E-state index contributed by atoms with van der Waals surface area (Å²) in [5.74, 6) is 1.56. The Bertz CT molecular complexity index is 796. The molecule has 1 amide bonds. The minimum Gasteiger partial charge on any atom is -0.486 e. The average Bonchev–Trinajstić information content (AvgIpc) is 3.21. The van der Waals surface area contributed by atoms with Crippen LogP contribution >= 0.6 is 24.8 Å². The number of aromatic nitrogens is 1. The SMILES string of the molecule is Cl.Cl.O=C(NCCCN1CCNCC1)c1ncoc1-c1ccc2c(c1)OCCO2. The van der Waals surface area contributed by atoms with Gasteiger partial charge in [0.25, 0.3) is 5.91 Å². The molecule has 2 aliphatic rings. The molecule has 0 aliphatic carbocycles. The Kier molecular flexibility index (Phi) is 9.03. The average molecular weight is 445 g/mol. The Morgan fingerprint density at radius 2 is 1.90 bits per heavy atom. The van der Waals surface area contributed by atoms with E-state index in [1.807, 2.05) is 18.2 Å². The quantitative estimate of drug-likeness (QED) is 0.658. The van der Waals surface area contributed by atoms with Gasteiger partial charge in [-0.2, -0.15) is 0 Å². The van der Waals surface area contributed by atoms with Gasteiger partial charge in [-0.1, -0.05) is 0 Å². The molecule has 0 unspecified atom stereocenters. The third kappa shape index (κ3) is 5.76. The monoisotopic (exact) mass is 444 g/mol. The van der Waals surface area contributed by atoms with Gasteiger partial charge in [0.05, 0.1) is 0 Å². The van der Waals surface area contributed by atoms with E-state index in [0.717, 1.165) is 44.7 Å². The van der Waals surface area contributed by atoms with E-state index in [0.29, 0.717) is 37.0 Å². The molecule has 4 rings (SSSR count). The molecule has 0 radical (unpaired) electrons. The van der Waals surface area contributed by atoms with Crippen LogP contribution < -0.4 is 20.1 Å². The van der Waals surface area contributed by atoms with E-state index in [2.05, 4.69) is 20.5 Å². The van der Waals surface area contributed by atoms with Crippen LogP contribution in [0.25, 0.3) is 11.3 Å². The van der Waals surface area contributed by atoms with Gasteiger partial charge in [0.1, 0.15) is 13.2 Å². The van der Waals surface area contributed by atoms with Crippen LogP contribution in [0.1, 0.15) is 16.9 Å². The zero-order valence-electron chi connectivity index (χ0n) is 16.0. The third-order valence-electron chi connectivity index (χ3n) is 4.73. The highest BCUT2D eigenvalue weighted by molar-refractivity contribution is 5.97. The molecule has 1 aromatic heterocycles. The van der Waals surface area contributed by atoms with Gasteiger partial charge in [-0.15, -0.1) is 24.8 Å². The van der Waals surface area contributed by atoms with Crippen molar-refractivity contribution >= 4 is 30.7 Å². The summed E-state index contributed by atoms with van der Waals surface area (Å²) in [7, 11) is 0. The second kappa shape index (κ2) is 11.3. The molecule has 0 bridgehead atoms. The van der Waals surface area contributed by atoms with E-state index in [4.69, 9.17) is 13.9 Å². The maximum Gasteiger partial charge on any atom is 0.273 e. The number of piperazine rings is 1. The number of carbonyl (C=O) groups is 1. The summed E-state index contributed by atoms with van der Waals surface area (Å²) in [4.78, 5) is 19.0. The molecule has 2 aliphatic heterocycles. The highest BCUT2D eigenvalue weighted by Crippen LogP contribution is 2.35. The van der Waals surface area contributed by atoms with E-state index in [9.17, 15) is 4.79 Å². The molecule has 0 spiro atoms. The lowest BCUT2D eigenvalue weighted by Crippen LogP contribution is -2.44. The van der Waals surface area contributed by atoms with Gasteiger partial charge in [-0.25, -0.2) is 4.98 Å². The van der Waals surface area contributed by atoms with Crippen LogP contribution in [0.15, 0.2) is 29.0 Å².